The van der Waals surface area contributed by atoms with Crippen molar-refractivity contribution in [2.45, 2.75) is 13.5 Å². The van der Waals surface area contributed by atoms with Crippen LogP contribution >= 0.6 is 0 Å². The Labute approximate surface area is 88.8 Å². The lowest BCUT2D eigenvalue weighted by Gasteiger charge is -2.04. The molecular weight excluding hydrogens is 188 g/mol. The van der Waals surface area contributed by atoms with E-state index in [1.54, 1.807) is 24.0 Å². The zero-order chi connectivity index (χ0) is 11.4. The second-order valence-corrected chi connectivity index (χ2v) is 3.23. The molecular formula is C11H16N4. The van der Waals surface area contributed by atoms with E-state index in [0.29, 0.717) is 12.2 Å². The van der Waals surface area contributed by atoms with Crippen molar-refractivity contribution >= 4 is 12.3 Å². The molecule has 0 unspecified atom stereocenters. The molecule has 0 amide bonds. The van der Waals surface area contributed by atoms with Crippen molar-refractivity contribution in [3.63, 3.8) is 0 Å². The number of nitrogens with zero attached hydrogens (tertiary/aromatic N) is 3. The van der Waals surface area contributed by atoms with Crippen LogP contribution in [0.5, 0.6) is 0 Å². The lowest BCUT2D eigenvalue weighted by Crippen LogP contribution is -2.48. The van der Waals surface area contributed by atoms with Crippen molar-refractivity contribution in [2.75, 3.05) is 7.05 Å². The molecule has 1 heterocycles. The second kappa shape index (κ2) is 4.59. The van der Waals surface area contributed by atoms with Crippen LogP contribution in [0.1, 0.15) is 6.92 Å². The number of hydrogen-bond acceptors (Lipinski definition) is 3. The molecule has 0 saturated carbocycles. The largest absolute Gasteiger partial charge is 0.402 e. The molecule has 0 spiro atoms. The molecule has 4 nitrogen and oxygen atoms in total. The van der Waals surface area contributed by atoms with Gasteiger partial charge in [-0.25, -0.2) is 0 Å². The quantitative estimate of drug-likeness (QED) is 0.635. The highest BCUT2D eigenvalue weighted by molar-refractivity contribution is 5.36. The summed E-state index contributed by atoms with van der Waals surface area (Å²) >= 11 is 0. The summed E-state index contributed by atoms with van der Waals surface area (Å²) in [6.07, 6.45) is 3.45. The SMILES string of the molecule is C=CCn1ncc(=NC)c(=C(C)N)c1=C. The maximum atomic E-state index is 5.81. The Morgan fingerprint density at radius 3 is 2.87 bits per heavy atom. The van der Waals surface area contributed by atoms with E-state index in [-0.39, 0.29) is 0 Å². The summed E-state index contributed by atoms with van der Waals surface area (Å²) < 4.78 is 1.74. The van der Waals surface area contributed by atoms with Gasteiger partial charge in [0.1, 0.15) is 0 Å². The van der Waals surface area contributed by atoms with E-state index in [0.717, 1.165) is 15.9 Å². The molecule has 80 valence electrons. The standard InChI is InChI=1S/C11H16N4/c1-5-6-15-9(3)11(8(2)12)10(13-4)7-14-15/h5,7H,1,3,6,12H2,2,4H3. The third-order valence-corrected chi connectivity index (χ3v) is 2.11. The minimum Gasteiger partial charge on any atom is -0.402 e. The van der Waals surface area contributed by atoms with E-state index in [9.17, 15) is 0 Å². The monoisotopic (exact) mass is 204 g/mol. The molecule has 0 aliphatic heterocycles. The summed E-state index contributed by atoms with van der Waals surface area (Å²) in [5.74, 6) is 0. The van der Waals surface area contributed by atoms with Crippen molar-refractivity contribution in [3.05, 3.63) is 34.8 Å². The molecule has 0 aromatic carbocycles. The number of hydrogen-bond donors (Lipinski definition) is 1. The highest BCUT2D eigenvalue weighted by Gasteiger charge is 1.96. The van der Waals surface area contributed by atoms with Crippen LogP contribution in [0.25, 0.3) is 12.3 Å². The summed E-state index contributed by atoms with van der Waals surface area (Å²) in [4.78, 5) is 4.11. The van der Waals surface area contributed by atoms with Gasteiger partial charge in [0.2, 0.25) is 0 Å². The van der Waals surface area contributed by atoms with Crippen LogP contribution in [0.3, 0.4) is 0 Å². The molecule has 1 rings (SSSR count). The zero-order valence-electron chi connectivity index (χ0n) is 9.20. The van der Waals surface area contributed by atoms with Crippen molar-refractivity contribution in [1.29, 1.82) is 0 Å². The smallest absolute Gasteiger partial charge is 0.0882 e. The van der Waals surface area contributed by atoms with Gasteiger partial charge in [-0.2, -0.15) is 5.10 Å². The van der Waals surface area contributed by atoms with Crippen LogP contribution < -0.4 is 21.7 Å². The number of nitrogens with two attached hydrogens (primary N) is 1. The van der Waals surface area contributed by atoms with Gasteiger partial charge in [0.15, 0.2) is 0 Å². The van der Waals surface area contributed by atoms with E-state index in [1.165, 1.54) is 0 Å². The highest BCUT2D eigenvalue weighted by atomic mass is 15.3. The van der Waals surface area contributed by atoms with Crippen molar-refractivity contribution in [1.82, 2.24) is 9.78 Å². The van der Waals surface area contributed by atoms with Crippen LogP contribution in [0.4, 0.5) is 0 Å². The van der Waals surface area contributed by atoms with Crippen molar-refractivity contribution in [3.8, 4) is 0 Å². The first-order valence-corrected chi connectivity index (χ1v) is 4.67. The molecule has 15 heavy (non-hydrogen) atoms. The van der Waals surface area contributed by atoms with Crippen LogP contribution in [-0.4, -0.2) is 16.8 Å². The Balaban J connectivity index is 3.75. The van der Waals surface area contributed by atoms with Gasteiger partial charge in [0.05, 0.1) is 23.4 Å². The van der Waals surface area contributed by atoms with Crippen LogP contribution in [0.2, 0.25) is 0 Å². The van der Waals surface area contributed by atoms with Gasteiger partial charge in [-0.3, -0.25) is 9.67 Å². The molecule has 0 aliphatic rings. The summed E-state index contributed by atoms with van der Waals surface area (Å²) in [6.45, 7) is 10.1. The summed E-state index contributed by atoms with van der Waals surface area (Å²) in [5, 5.41) is 6.58. The molecule has 1 aromatic heterocycles. The predicted octanol–water partition coefficient (Wildman–Crippen LogP) is -0.903. The Morgan fingerprint density at radius 2 is 2.40 bits per heavy atom. The first-order chi connectivity index (χ1) is 7.11. The number of allylic oxidation sites excluding steroid dienone is 1. The Morgan fingerprint density at radius 1 is 1.73 bits per heavy atom. The van der Waals surface area contributed by atoms with E-state index in [1.807, 2.05) is 6.92 Å². The third-order valence-electron chi connectivity index (χ3n) is 2.11. The Hall–Kier alpha value is -1.84. The molecule has 0 fully saturated rings. The van der Waals surface area contributed by atoms with Crippen LogP contribution in [-0.2, 0) is 6.54 Å². The Bertz CT molecular complexity index is 533. The summed E-state index contributed by atoms with van der Waals surface area (Å²) in [6, 6.07) is 0. The van der Waals surface area contributed by atoms with Gasteiger partial charge in [-0.05, 0) is 6.92 Å². The fourth-order valence-corrected chi connectivity index (χ4v) is 1.41. The average Bonchev–Trinajstić information content (AvgIpc) is 2.20. The van der Waals surface area contributed by atoms with E-state index >= 15 is 0 Å². The minimum absolute atomic E-state index is 0.614. The van der Waals surface area contributed by atoms with E-state index in [2.05, 4.69) is 23.2 Å². The van der Waals surface area contributed by atoms with Crippen molar-refractivity contribution < 1.29 is 0 Å². The van der Waals surface area contributed by atoms with Crippen LogP contribution in [0, 0.1) is 0 Å². The van der Waals surface area contributed by atoms with Gasteiger partial charge < -0.3 is 5.73 Å². The molecule has 0 bridgehead atoms. The third kappa shape index (κ3) is 2.15. The predicted molar refractivity (Wildman–Crippen MR) is 62.0 cm³/mol. The summed E-state index contributed by atoms with van der Waals surface area (Å²) in [5.41, 5.74) is 6.50. The molecule has 0 atom stereocenters. The molecule has 0 saturated heterocycles. The normalized spacial score (nSPS) is 13.9. The molecule has 2 N–H and O–H groups in total. The Kier molecular flexibility index (Phi) is 3.44. The van der Waals surface area contributed by atoms with Crippen LogP contribution in [0.15, 0.2) is 23.8 Å². The first-order valence-electron chi connectivity index (χ1n) is 4.67. The lowest BCUT2D eigenvalue weighted by molar-refractivity contribution is 0.645. The fourth-order valence-electron chi connectivity index (χ4n) is 1.41. The van der Waals surface area contributed by atoms with E-state index in [4.69, 9.17) is 5.73 Å². The summed E-state index contributed by atoms with van der Waals surface area (Å²) in [7, 11) is 1.71. The average molecular weight is 204 g/mol. The first kappa shape index (κ1) is 11.2. The van der Waals surface area contributed by atoms with Gasteiger partial charge in [-0.1, -0.05) is 12.7 Å². The zero-order valence-corrected chi connectivity index (χ0v) is 9.20. The molecule has 1 aromatic rings. The topological polar surface area (TPSA) is 56.2 Å². The molecule has 0 radical (unpaired) electrons. The van der Waals surface area contributed by atoms with Crippen molar-refractivity contribution in [2.24, 2.45) is 10.7 Å². The van der Waals surface area contributed by atoms with Gasteiger partial charge >= 0.3 is 0 Å². The highest BCUT2D eigenvalue weighted by Crippen LogP contribution is 1.73. The lowest BCUT2D eigenvalue weighted by atomic mass is 10.3. The maximum absolute atomic E-state index is 5.81. The second-order valence-electron chi connectivity index (χ2n) is 3.23. The number of rotatable bonds is 2. The minimum atomic E-state index is 0.614. The van der Waals surface area contributed by atoms with Gasteiger partial charge in [0, 0.05) is 18.0 Å². The fraction of sp³-hybridized carbons (Fsp3) is 0.273. The number of aromatic nitrogens is 2. The van der Waals surface area contributed by atoms with E-state index < -0.39 is 0 Å². The molecule has 4 heteroatoms. The molecule has 0 aliphatic carbocycles. The van der Waals surface area contributed by atoms with Gasteiger partial charge in [-0.15, -0.1) is 6.58 Å². The van der Waals surface area contributed by atoms with Gasteiger partial charge in [0.25, 0.3) is 0 Å². The maximum Gasteiger partial charge on any atom is 0.0882 e.